The Morgan fingerprint density at radius 1 is 0.903 bits per heavy atom. The van der Waals surface area contributed by atoms with Crippen LogP contribution in [0.3, 0.4) is 0 Å². The number of hydrogen-bond acceptors (Lipinski definition) is 8. The summed E-state index contributed by atoms with van der Waals surface area (Å²) < 4.78 is 0. The lowest BCUT2D eigenvalue weighted by Gasteiger charge is -2.26. The van der Waals surface area contributed by atoms with Crippen molar-refractivity contribution in [2.24, 2.45) is 17.4 Å². The van der Waals surface area contributed by atoms with Crippen LogP contribution in [0.25, 0.3) is 0 Å². The molecule has 0 aliphatic carbocycles. The normalized spacial score (nSPS) is 14.6. The Kier molecular flexibility index (Phi) is 12.2. The molecule has 0 aromatic heterocycles. The van der Waals surface area contributed by atoms with Crippen LogP contribution in [0.4, 0.5) is 0 Å². The summed E-state index contributed by atoms with van der Waals surface area (Å²) in [4.78, 5) is 70.3. The van der Waals surface area contributed by atoms with E-state index in [1.807, 2.05) is 0 Å². The summed E-state index contributed by atoms with van der Waals surface area (Å²) in [6.07, 6.45) is -1.39. The minimum Gasteiger partial charge on any atom is -0.481 e. The van der Waals surface area contributed by atoms with Gasteiger partial charge in [0.15, 0.2) is 0 Å². The molecule has 4 amide bonds. The fourth-order valence-electron chi connectivity index (χ4n) is 2.35. The lowest BCUT2D eigenvalue weighted by Crippen LogP contribution is -2.58. The first-order valence-corrected chi connectivity index (χ1v) is 9.93. The Labute approximate surface area is 184 Å². The van der Waals surface area contributed by atoms with Crippen molar-refractivity contribution in [3.8, 4) is 0 Å². The van der Waals surface area contributed by atoms with E-state index in [9.17, 15) is 28.8 Å². The summed E-state index contributed by atoms with van der Waals surface area (Å²) in [6.45, 7) is 3.13. The monoisotopic (exact) mass is 463 g/mol. The lowest BCUT2D eigenvalue weighted by molar-refractivity contribution is -0.144. The van der Waals surface area contributed by atoms with Crippen molar-refractivity contribution in [1.82, 2.24) is 16.0 Å². The maximum Gasteiger partial charge on any atom is 0.326 e. The van der Waals surface area contributed by atoms with Crippen LogP contribution in [0, 0.1) is 5.92 Å². The van der Waals surface area contributed by atoms with E-state index in [1.165, 1.54) is 0 Å². The molecule has 0 heterocycles. The molecular formula is C17H29N5O8S. The molecule has 0 aliphatic heterocycles. The van der Waals surface area contributed by atoms with Gasteiger partial charge in [-0.1, -0.05) is 13.8 Å². The molecule has 0 fully saturated rings. The number of thiol groups is 1. The van der Waals surface area contributed by atoms with E-state index < -0.39 is 78.5 Å². The van der Waals surface area contributed by atoms with Gasteiger partial charge in [-0.2, -0.15) is 12.6 Å². The highest BCUT2D eigenvalue weighted by atomic mass is 32.1. The van der Waals surface area contributed by atoms with Gasteiger partial charge in [-0.05, 0) is 12.3 Å². The fourth-order valence-corrected chi connectivity index (χ4v) is 2.52. The first-order valence-electron chi connectivity index (χ1n) is 9.30. The molecule has 0 bridgehead atoms. The second kappa shape index (κ2) is 13.4. The van der Waals surface area contributed by atoms with E-state index in [0.29, 0.717) is 0 Å². The molecular weight excluding hydrogens is 434 g/mol. The molecule has 176 valence electrons. The van der Waals surface area contributed by atoms with Crippen LogP contribution in [0.5, 0.6) is 0 Å². The van der Waals surface area contributed by atoms with Crippen molar-refractivity contribution in [1.29, 1.82) is 0 Å². The van der Waals surface area contributed by atoms with Crippen molar-refractivity contribution >= 4 is 48.2 Å². The predicted molar refractivity (Wildman–Crippen MR) is 111 cm³/mol. The van der Waals surface area contributed by atoms with Gasteiger partial charge >= 0.3 is 11.9 Å². The van der Waals surface area contributed by atoms with Crippen LogP contribution < -0.4 is 27.4 Å². The van der Waals surface area contributed by atoms with Gasteiger partial charge in [0.05, 0.1) is 12.5 Å². The van der Waals surface area contributed by atoms with Crippen molar-refractivity contribution in [2.45, 2.75) is 57.3 Å². The number of hydrogen-bond donors (Lipinski definition) is 8. The van der Waals surface area contributed by atoms with Gasteiger partial charge in [0.2, 0.25) is 23.6 Å². The topological polar surface area (TPSA) is 231 Å². The van der Waals surface area contributed by atoms with Gasteiger partial charge in [0.25, 0.3) is 0 Å². The van der Waals surface area contributed by atoms with E-state index >= 15 is 0 Å². The van der Waals surface area contributed by atoms with Gasteiger partial charge in [0.1, 0.15) is 18.1 Å². The minimum absolute atomic E-state index is 0.0213. The summed E-state index contributed by atoms with van der Waals surface area (Å²) in [6, 6.07) is -5.20. The summed E-state index contributed by atoms with van der Waals surface area (Å²) >= 11 is 3.88. The lowest BCUT2D eigenvalue weighted by atomic mass is 10.0. The Balaban J connectivity index is 5.45. The molecule has 0 rings (SSSR count). The molecule has 0 aromatic carbocycles. The number of carboxylic acid groups (broad SMARTS) is 2. The zero-order chi connectivity index (χ0) is 24.3. The van der Waals surface area contributed by atoms with E-state index in [0.717, 1.165) is 0 Å². The van der Waals surface area contributed by atoms with Crippen molar-refractivity contribution in [3.05, 3.63) is 0 Å². The first-order chi connectivity index (χ1) is 14.3. The number of carbonyl (C=O) groups excluding carboxylic acids is 4. The molecule has 0 aliphatic rings. The summed E-state index contributed by atoms with van der Waals surface area (Å²) in [5.74, 6) is -6.69. The smallest absolute Gasteiger partial charge is 0.326 e. The molecule has 0 aromatic rings. The zero-order valence-electron chi connectivity index (χ0n) is 17.2. The fraction of sp³-hybridized carbons (Fsp3) is 0.647. The maximum atomic E-state index is 12.7. The highest BCUT2D eigenvalue weighted by molar-refractivity contribution is 7.80. The molecule has 13 nitrogen and oxygen atoms in total. The van der Waals surface area contributed by atoms with Crippen molar-refractivity contribution in [3.63, 3.8) is 0 Å². The third kappa shape index (κ3) is 10.6. The first kappa shape index (κ1) is 28.1. The number of carboxylic acids is 2. The van der Waals surface area contributed by atoms with Crippen LogP contribution in [0.2, 0.25) is 0 Å². The SMILES string of the molecule is CC(C)C(NC(=O)C(CCC(=O)O)NC(=O)C(N)CS)C(=O)NC(CC(N)=O)C(=O)O. The van der Waals surface area contributed by atoms with Crippen LogP contribution in [-0.4, -0.2) is 75.7 Å². The van der Waals surface area contributed by atoms with Crippen LogP contribution >= 0.6 is 12.6 Å². The Bertz CT molecular complexity index is 702. The van der Waals surface area contributed by atoms with E-state index in [1.54, 1.807) is 13.8 Å². The molecule has 9 N–H and O–H groups in total. The maximum absolute atomic E-state index is 12.7. The summed E-state index contributed by atoms with van der Waals surface area (Å²) in [7, 11) is 0. The second-order valence-corrected chi connectivity index (χ2v) is 7.45. The zero-order valence-corrected chi connectivity index (χ0v) is 18.1. The molecule has 31 heavy (non-hydrogen) atoms. The van der Waals surface area contributed by atoms with Gasteiger partial charge in [0, 0.05) is 12.2 Å². The van der Waals surface area contributed by atoms with Crippen molar-refractivity contribution < 1.29 is 39.0 Å². The van der Waals surface area contributed by atoms with Gasteiger partial charge in [-0.25, -0.2) is 4.79 Å². The molecule has 0 radical (unpaired) electrons. The molecule has 0 saturated carbocycles. The second-order valence-electron chi connectivity index (χ2n) is 7.08. The Morgan fingerprint density at radius 2 is 1.45 bits per heavy atom. The molecule has 4 unspecified atom stereocenters. The summed E-state index contributed by atoms with van der Waals surface area (Å²) in [5.41, 5.74) is 10.5. The highest BCUT2D eigenvalue weighted by Gasteiger charge is 2.32. The number of primary amides is 1. The number of nitrogens with two attached hydrogens (primary N) is 2. The number of nitrogens with one attached hydrogen (secondary N) is 3. The van der Waals surface area contributed by atoms with Gasteiger partial charge < -0.3 is 37.6 Å². The largest absolute Gasteiger partial charge is 0.481 e. The average Bonchev–Trinajstić information content (AvgIpc) is 2.66. The van der Waals surface area contributed by atoms with Crippen LogP contribution in [-0.2, 0) is 28.8 Å². The van der Waals surface area contributed by atoms with E-state index in [4.69, 9.17) is 21.7 Å². The molecule has 0 saturated heterocycles. The minimum atomic E-state index is -1.60. The third-order valence-corrected chi connectivity index (χ3v) is 4.47. The highest BCUT2D eigenvalue weighted by Crippen LogP contribution is 2.07. The predicted octanol–water partition coefficient (Wildman–Crippen LogP) is -2.82. The van der Waals surface area contributed by atoms with E-state index in [-0.39, 0.29) is 12.2 Å². The molecule has 0 spiro atoms. The third-order valence-electron chi connectivity index (χ3n) is 4.08. The number of carbonyl (C=O) groups is 6. The Morgan fingerprint density at radius 3 is 1.87 bits per heavy atom. The van der Waals surface area contributed by atoms with E-state index in [2.05, 4.69) is 28.6 Å². The van der Waals surface area contributed by atoms with Crippen molar-refractivity contribution in [2.75, 3.05) is 5.75 Å². The van der Waals surface area contributed by atoms with Gasteiger partial charge in [-0.15, -0.1) is 0 Å². The number of amides is 4. The van der Waals surface area contributed by atoms with Crippen LogP contribution in [0.15, 0.2) is 0 Å². The quantitative estimate of drug-likeness (QED) is 0.124. The summed E-state index contributed by atoms with van der Waals surface area (Å²) in [5, 5.41) is 24.8. The number of aliphatic carboxylic acids is 2. The Hall–Kier alpha value is -2.87. The average molecular weight is 464 g/mol. The molecule has 4 atom stereocenters. The molecule has 14 heteroatoms. The van der Waals surface area contributed by atoms with Gasteiger partial charge in [-0.3, -0.25) is 24.0 Å². The number of rotatable bonds is 14. The van der Waals surface area contributed by atoms with Crippen LogP contribution in [0.1, 0.15) is 33.1 Å². The standard InChI is InChI=1S/C17H29N5O8S/c1-7(2)13(16(28)21-10(17(29)30)5-11(19)23)22-15(27)9(3-4-12(24)25)20-14(26)8(18)6-31/h7-10,13,31H,3-6,18H2,1-2H3,(H2,19,23)(H,20,26)(H,21,28)(H,22,27)(H,24,25)(H,29,30).